The van der Waals surface area contributed by atoms with E-state index >= 15 is 0 Å². The van der Waals surface area contributed by atoms with E-state index in [1.54, 1.807) is 28.9 Å². The van der Waals surface area contributed by atoms with Crippen LogP contribution in [0.4, 0.5) is 5.95 Å². The molecule has 0 aliphatic carbocycles. The highest BCUT2D eigenvalue weighted by Gasteiger charge is 2.45. The van der Waals surface area contributed by atoms with Gasteiger partial charge in [0.25, 0.3) is 5.91 Å². The van der Waals surface area contributed by atoms with Crippen LogP contribution in [0.3, 0.4) is 0 Å². The number of benzene rings is 1. The summed E-state index contributed by atoms with van der Waals surface area (Å²) < 4.78 is 1.75. The first-order chi connectivity index (χ1) is 15.9. The summed E-state index contributed by atoms with van der Waals surface area (Å²) in [7, 11) is 3.58. The van der Waals surface area contributed by atoms with Gasteiger partial charge < -0.3 is 15.3 Å². The predicted octanol–water partition coefficient (Wildman–Crippen LogP) is 2.66. The number of likely N-dealkylation sites (N-methyl/N-ethyl adjacent to an activating group) is 1. The van der Waals surface area contributed by atoms with E-state index in [9.17, 15) is 9.90 Å². The van der Waals surface area contributed by atoms with Crippen LogP contribution in [0.1, 0.15) is 17.7 Å². The quantitative estimate of drug-likeness (QED) is 0.454. The van der Waals surface area contributed by atoms with Gasteiger partial charge in [-0.3, -0.25) is 9.48 Å². The molecule has 1 aromatic carbocycles. The Morgan fingerprint density at radius 3 is 2.82 bits per heavy atom. The first-order valence-corrected chi connectivity index (χ1v) is 11.4. The lowest BCUT2D eigenvalue weighted by Gasteiger charge is -2.21. The predicted molar refractivity (Wildman–Crippen MR) is 125 cm³/mol. The summed E-state index contributed by atoms with van der Waals surface area (Å²) in [5.41, 5.74) is 2.30. The summed E-state index contributed by atoms with van der Waals surface area (Å²) in [5, 5.41) is 21.2. The number of aromatic nitrogens is 5. The van der Waals surface area contributed by atoms with Crippen molar-refractivity contribution in [1.82, 2.24) is 29.6 Å². The molecule has 1 saturated heterocycles. The fourth-order valence-electron chi connectivity index (χ4n) is 3.87. The highest BCUT2D eigenvalue weighted by atomic mass is 32.1. The molecule has 1 aliphatic heterocycles. The molecule has 0 radical (unpaired) electrons. The number of hydrogen-bond acceptors (Lipinski definition) is 8. The second-order valence-corrected chi connectivity index (χ2v) is 8.91. The van der Waals surface area contributed by atoms with Crippen molar-refractivity contribution >= 4 is 23.2 Å². The maximum absolute atomic E-state index is 12.5. The van der Waals surface area contributed by atoms with Crippen LogP contribution in [0.25, 0.3) is 22.0 Å². The van der Waals surface area contributed by atoms with Crippen molar-refractivity contribution in [3.05, 3.63) is 65.4 Å². The van der Waals surface area contributed by atoms with Crippen molar-refractivity contribution < 1.29 is 9.90 Å². The van der Waals surface area contributed by atoms with Gasteiger partial charge in [-0.1, -0.05) is 18.2 Å². The molecule has 3 aromatic heterocycles. The zero-order chi connectivity index (χ0) is 23.0. The topological polar surface area (TPSA) is 109 Å². The lowest BCUT2D eigenvalue weighted by Crippen LogP contribution is -2.36. The van der Waals surface area contributed by atoms with Gasteiger partial charge in [0.15, 0.2) is 5.60 Å². The van der Waals surface area contributed by atoms with Crippen molar-refractivity contribution in [3.8, 4) is 22.0 Å². The Bertz CT molecular complexity index is 1320. The Labute approximate surface area is 194 Å². The molecule has 1 aliphatic rings. The van der Waals surface area contributed by atoms with Gasteiger partial charge in [0.1, 0.15) is 10.7 Å². The van der Waals surface area contributed by atoms with Gasteiger partial charge in [-0.15, -0.1) is 11.3 Å². The number of nitrogens with zero attached hydrogens (tertiary/aromatic N) is 6. The fourth-order valence-corrected chi connectivity index (χ4v) is 4.68. The van der Waals surface area contributed by atoms with Crippen LogP contribution in [0.2, 0.25) is 0 Å². The summed E-state index contributed by atoms with van der Waals surface area (Å²) in [6, 6.07) is 11.2. The number of likely N-dealkylation sites (tertiary alicyclic amines) is 1. The number of rotatable bonds is 6. The second kappa shape index (κ2) is 8.38. The number of carbonyl (C=O) groups is 1. The van der Waals surface area contributed by atoms with Gasteiger partial charge in [-0.05, 0) is 23.8 Å². The molecule has 0 unspecified atom stereocenters. The number of nitrogens with one attached hydrogen (secondary N) is 1. The van der Waals surface area contributed by atoms with Gasteiger partial charge in [-0.25, -0.2) is 15.0 Å². The third kappa shape index (κ3) is 4.10. The molecule has 0 saturated carbocycles. The van der Waals surface area contributed by atoms with E-state index in [0.29, 0.717) is 36.7 Å². The fraction of sp³-hybridized carbons (Fsp3) is 0.261. The maximum atomic E-state index is 12.5. The van der Waals surface area contributed by atoms with E-state index in [4.69, 9.17) is 4.98 Å². The van der Waals surface area contributed by atoms with E-state index in [1.807, 2.05) is 49.0 Å². The molecule has 4 aromatic rings. The normalized spacial score (nSPS) is 18.2. The summed E-state index contributed by atoms with van der Waals surface area (Å²) in [6.45, 7) is 1.06. The van der Waals surface area contributed by atoms with Crippen LogP contribution in [-0.2, 0) is 24.0 Å². The number of anilines is 1. The van der Waals surface area contributed by atoms with Crippen LogP contribution in [0.5, 0.6) is 0 Å². The third-order valence-corrected chi connectivity index (χ3v) is 6.61. The number of carbonyl (C=O) groups excluding carboxylic acids is 1. The molecular formula is C23H23N7O2S. The second-order valence-electron chi connectivity index (χ2n) is 8.06. The van der Waals surface area contributed by atoms with E-state index in [-0.39, 0.29) is 5.91 Å². The summed E-state index contributed by atoms with van der Waals surface area (Å²) in [4.78, 5) is 27.6. The Kier molecular flexibility index (Phi) is 5.39. The zero-order valence-electron chi connectivity index (χ0n) is 18.3. The van der Waals surface area contributed by atoms with Gasteiger partial charge >= 0.3 is 0 Å². The molecule has 1 atom stereocenters. The van der Waals surface area contributed by atoms with Crippen LogP contribution in [0, 0.1) is 0 Å². The number of thiazole rings is 1. The van der Waals surface area contributed by atoms with E-state index < -0.39 is 5.60 Å². The number of aliphatic hydroxyl groups is 1. The largest absolute Gasteiger partial charge is 0.375 e. The van der Waals surface area contributed by atoms with Crippen molar-refractivity contribution in [2.24, 2.45) is 7.05 Å². The average molecular weight is 462 g/mol. The van der Waals surface area contributed by atoms with Crippen LogP contribution < -0.4 is 5.32 Å². The Morgan fingerprint density at radius 2 is 2.06 bits per heavy atom. The van der Waals surface area contributed by atoms with Gasteiger partial charge in [0.2, 0.25) is 5.95 Å². The standard InChI is InChI=1S/C23H23N7O2S/c1-29-11-8-23(32,21(29)31)16-5-3-4-15(12-16)20-26-19(14-33-20)18-6-9-24-22(27-18)25-13-17-7-10-30(2)28-17/h3-7,9-10,12,14,32H,8,11,13H2,1-2H3,(H,24,25,27)/t23-/m1/s1. The Balaban J connectivity index is 1.36. The van der Waals surface area contributed by atoms with Crippen LogP contribution >= 0.6 is 11.3 Å². The molecule has 2 N–H and O–H groups in total. The summed E-state index contributed by atoms with van der Waals surface area (Å²) in [5.74, 6) is 0.229. The van der Waals surface area contributed by atoms with Crippen LogP contribution in [0.15, 0.2) is 54.2 Å². The smallest absolute Gasteiger partial charge is 0.258 e. The lowest BCUT2D eigenvalue weighted by atomic mass is 9.91. The highest BCUT2D eigenvalue weighted by Crippen LogP contribution is 2.36. The number of amides is 1. The molecule has 4 heterocycles. The van der Waals surface area contributed by atoms with Crippen molar-refractivity contribution in [1.29, 1.82) is 0 Å². The molecule has 5 rings (SSSR count). The summed E-state index contributed by atoms with van der Waals surface area (Å²) >= 11 is 1.49. The van der Waals surface area contributed by atoms with E-state index in [1.165, 1.54) is 11.3 Å². The highest BCUT2D eigenvalue weighted by molar-refractivity contribution is 7.13. The molecule has 10 heteroatoms. The first-order valence-electron chi connectivity index (χ1n) is 10.5. The first kappa shape index (κ1) is 21.2. The minimum atomic E-state index is -1.48. The number of hydrogen-bond donors (Lipinski definition) is 2. The Hall–Kier alpha value is -3.63. The molecule has 1 fully saturated rings. The zero-order valence-corrected chi connectivity index (χ0v) is 19.1. The SMILES string of the molecule is CN1CC[C@@](O)(c2cccc(-c3nc(-c4ccnc(NCc5ccn(C)n5)n4)cs3)c2)C1=O. The molecule has 0 spiro atoms. The minimum absolute atomic E-state index is 0.272. The van der Waals surface area contributed by atoms with Crippen molar-refractivity contribution in [3.63, 3.8) is 0 Å². The summed E-state index contributed by atoms with van der Waals surface area (Å²) in [6.07, 6.45) is 3.96. The van der Waals surface area contributed by atoms with Gasteiger partial charge in [0, 0.05) is 50.4 Å². The van der Waals surface area contributed by atoms with Crippen LogP contribution in [-0.4, -0.2) is 54.2 Å². The van der Waals surface area contributed by atoms with Crippen molar-refractivity contribution in [2.45, 2.75) is 18.6 Å². The average Bonchev–Trinajstić information content (AvgIpc) is 3.55. The third-order valence-electron chi connectivity index (χ3n) is 5.72. The molecule has 1 amide bonds. The monoisotopic (exact) mass is 461 g/mol. The van der Waals surface area contributed by atoms with Gasteiger partial charge in [-0.2, -0.15) is 5.10 Å². The lowest BCUT2D eigenvalue weighted by molar-refractivity contribution is -0.143. The minimum Gasteiger partial charge on any atom is -0.375 e. The van der Waals surface area contributed by atoms with Gasteiger partial charge in [0.05, 0.1) is 17.9 Å². The Morgan fingerprint density at radius 1 is 1.18 bits per heavy atom. The molecule has 9 nitrogen and oxygen atoms in total. The number of aryl methyl sites for hydroxylation is 1. The van der Waals surface area contributed by atoms with E-state index in [2.05, 4.69) is 20.4 Å². The molecule has 0 bridgehead atoms. The molecule has 168 valence electrons. The molecule has 33 heavy (non-hydrogen) atoms. The van der Waals surface area contributed by atoms with Crippen molar-refractivity contribution in [2.75, 3.05) is 18.9 Å². The van der Waals surface area contributed by atoms with E-state index in [0.717, 1.165) is 22.0 Å². The maximum Gasteiger partial charge on any atom is 0.258 e. The molecular weight excluding hydrogens is 438 g/mol.